The monoisotopic (exact) mass is 303 g/mol. The third-order valence-electron chi connectivity index (χ3n) is 4.51. The van der Waals surface area contributed by atoms with Crippen LogP contribution in [-0.2, 0) is 9.59 Å². The number of likely N-dealkylation sites (tertiary alicyclic amines) is 1. The number of hydrogen-bond acceptors (Lipinski definition) is 2. The lowest BCUT2D eigenvalue weighted by Crippen LogP contribution is -2.42. The van der Waals surface area contributed by atoms with Crippen LogP contribution in [-0.4, -0.2) is 35.0 Å². The summed E-state index contributed by atoms with van der Waals surface area (Å²) in [6, 6.07) is 8.08. The SMILES string of the molecule is Cc1cccc([C@H](C)C(=O)N2CCC[C@H](CCC(=O)O)C2)c1. The average Bonchev–Trinajstić information content (AvgIpc) is 2.52. The number of carbonyl (C=O) groups excluding carboxylic acids is 1. The summed E-state index contributed by atoms with van der Waals surface area (Å²) in [4.78, 5) is 25.3. The van der Waals surface area contributed by atoms with Gasteiger partial charge in [-0.1, -0.05) is 29.8 Å². The molecule has 1 amide bonds. The van der Waals surface area contributed by atoms with Crippen molar-refractivity contribution in [3.05, 3.63) is 35.4 Å². The highest BCUT2D eigenvalue weighted by Crippen LogP contribution is 2.25. The van der Waals surface area contributed by atoms with Crippen molar-refractivity contribution in [1.29, 1.82) is 0 Å². The van der Waals surface area contributed by atoms with Crippen molar-refractivity contribution < 1.29 is 14.7 Å². The molecule has 1 aliphatic rings. The molecule has 0 unspecified atom stereocenters. The number of aryl methyl sites for hydroxylation is 1. The zero-order chi connectivity index (χ0) is 16.1. The zero-order valence-corrected chi connectivity index (χ0v) is 13.4. The summed E-state index contributed by atoms with van der Waals surface area (Å²) >= 11 is 0. The first-order valence-electron chi connectivity index (χ1n) is 8.04. The molecular weight excluding hydrogens is 278 g/mol. The van der Waals surface area contributed by atoms with Crippen LogP contribution in [0.1, 0.15) is 49.7 Å². The molecule has 2 atom stereocenters. The number of benzene rings is 1. The Hall–Kier alpha value is -1.84. The van der Waals surface area contributed by atoms with Crippen LogP contribution in [0.4, 0.5) is 0 Å². The smallest absolute Gasteiger partial charge is 0.303 e. The molecule has 4 nitrogen and oxygen atoms in total. The van der Waals surface area contributed by atoms with Crippen molar-refractivity contribution >= 4 is 11.9 Å². The number of amides is 1. The topological polar surface area (TPSA) is 57.6 Å². The largest absolute Gasteiger partial charge is 0.481 e. The molecule has 0 aliphatic carbocycles. The molecule has 0 bridgehead atoms. The Kier molecular flexibility index (Phi) is 5.58. The van der Waals surface area contributed by atoms with Gasteiger partial charge in [0, 0.05) is 19.5 Å². The number of carbonyl (C=O) groups is 2. The molecule has 1 aromatic rings. The van der Waals surface area contributed by atoms with Gasteiger partial charge in [-0.05, 0) is 44.6 Å². The maximum Gasteiger partial charge on any atom is 0.303 e. The summed E-state index contributed by atoms with van der Waals surface area (Å²) in [6.07, 6.45) is 2.85. The quantitative estimate of drug-likeness (QED) is 0.908. The van der Waals surface area contributed by atoms with E-state index in [1.807, 2.05) is 36.9 Å². The maximum absolute atomic E-state index is 12.7. The zero-order valence-electron chi connectivity index (χ0n) is 13.4. The van der Waals surface area contributed by atoms with Gasteiger partial charge in [0.15, 0.2) is 0 Å². The second-order valence-electron chi connectivity index (χ2n) is 6.36. The normalized spacial score (nSPS) is 19.7. The van der Waals surface area contributed by atoms with Gasteiger partial charge in [-0.25, -0.2) is 0 Å². The van der Waals surface area contributed by atoms with E-state index in [2.05, 4.69) is 6.07 Å². The lowest BCUT2D eigenvalue weighted by atomic mass is 9.91. The first-order chi connectivity index (χ1) is 10.5. The Bertz CT molecular complexity index is 541. The van der Waals surface area contributed by atoms with Crippen molar-refractivity contribution in [1.82, 2.24) is 4.90 Å². The van der Waals surface area contributed by atoms with Crippen LogP contribution in [0.5, 0.6) is 0 Å². The van der Waals surface area contributed by atoms with E-state index < -0.39 is 5.97 Å². The van der Waals surface area contributed by atoms with Crippen molar-refractivity contribution in [2.24, 2.45) is 5.92 Å². The minimum absolute atomic E-state index is 0.141. The maximum atomic E-state index is 12.7. The summed E-state index contributed by atoms with van der Waals surface area (Å²) in [5.41, 5.74) is 2.22. The van der Waals surface area contributed by atoms with Crippen LogP contribution in [0.2, 0.25) is 0 Å². The summed E-state index contributed by atoms with van der Waals surface area (Å²) in [7, 11) is 0. The van der Waals surface area contributed by atoms with Crippen LogP contribution >= 0.6 is 0 Å². The highest BCUT2D eigenvalue weighted by Gasteiger charge is 2.27. The number of rotatable bonds is 5. The predicted molar refractivity (Wildman–Crippen MR) is 85.8 cm³/mol. The van der Waals surface area contributed by atoms with Gasteiger partial charge in [-0.3, -0.25) is 9.59 Å². The van der Waals surface area contributed by atoms with Gasteiger partial charge in [0.2, 0.25) is 5.91 Å². The van der Waals surface area contributed by atoms with Crippen LogP contribution in [0.25, 0.3) is 0 Å². The predicted octanol–water partition coefficient (Wildman–Crippen LogP) is 3.20. The number of aliphatic carboxylic acids is 1. The number of carboxylic acid groups (broad SMARTS) is 1. The van der Waals surface area contributed by atoms with Crippen LogP contribution in [0, 0.1) is 12.8 Å². The summed E-state index contributed by atoms with van der Waals surface area (Å²) in [5, 5.41) is 8.80. The fourth-order valence-electron chi connectivity index (χ4n) is 3.18. The number of hydrogen-bond donors (Lipinski definition) is 1. The molecule has 1 aliphatic heterocycles. The highest BCUT2D eigenvalue weighted by atomic mass is 16.4. The molecule has 0 spiro atoms. The first kappa shape index (κ1) is 16.5. The second kappa shape index (κ2) is 7.43. The molecular formula is C18H25NO3. The fraction of sp³-hybridized carbons (Fsp3) is 0.556. The molecule has 4 heteroatoms. The molecule has 1 saturated heterocycles. The van der Waals surface area contributed by atoms with Crippen molar-refractivity contribution in [3.8, 4) is 0 Å². The molecule has 1 fully saturated rings. The van der Waals surface area contributed by atoms with Crippen LogP contribution in [0.15, 0.2) is 24.3 Å². The van der Waals surface area contributed by atoms with Gasteiger partial charge in [-0.15, -0.1) is 0 Å². The fourth-order valence-corrected chi connectivity index (χ4v) is 3.18. The van der Waals surface area contributed by atoms with Gasteiger partial charge < -0.3 is 10.0 Å². The summed E-state index contributed by atoms with van der Waals surface area (Å²) in [6.45, 7) is 5.47. The van der Waals surface area contributed by atoms with Gasteiger partial charge in [0.05, 0.1) is 5.92 Å². The summed E-state index contributed by atoms with van der Waals surface area (Å²) < 4.78 is 0. The average molecular weight is 303 g/mol. The van der Waals surface area contributed by atoms with E-state index in [9.17, 15) is 9.59 Å². The molecule has 1 N–H and O–H groups in total. The Labute approximate surface area is 132 Å². The molecule has 120 valence electrons. The van der Waals surface area contributed by atoms with E-state index in [1.165, 1.54) is 0 Å². The molecule has 2 rings (SSSR count). The Morgan fingerprint density at radius 2 is 2.18 bits per heavy atom. The van der Waals surface area contributed by atoms with Gasteiger partial charge in [0.1, 0.15) is 0 Å². The van der Waals surface area contributed by atoms with Crippen molar-refractivity contribution in [3.63, 3.8) is 0 Å². The Morgan fingerprint density at radius 3 is 2.86 bits per heavy atom. The van der Waals surface area contributed by atoms with Gasteiger partial charge in [0.25, 0.3) is 0 Å². The third-order valence-corrected chi connectivity index (χ3v) is 4.51. The second-order valence-corrected chi connectivity index (χ2v) is 6.36. The van der Waals surface area contributed by atoms with Gasteiger partial charge >= 0.3 is 5.97 Å². The lowest BCUT2D eigenvalue weighted by Gasteiger charge is -2.34. The van der Waals surface area contributed by atoms with E-state index >= 15 is 0 Å². The first-order valence-corrected chi connectivity index (χ1v) is 8.04. The van der Waals surface area contributed by atoms with E-state index in [-0.39, 0.29) is 18.2 Å². The molecule has 1 aromatic carbocycles. The number of nitrogens with zero attached hydrogens (tertiary/aromatic N) is 1. The summed E-state index contributed by atoms with van der Waals surface area (Å²) in [5.74, 6) is -0.418. The molecule has 0 saturated carbocycles. The molecule has 22 heavy (non-hydrogen) atoms. The lowest BCUT2D eigenvalue weighted by molar-refractivity contribution is -0.137. The number of piperidine rings is 1. The van der Waals surface area contributed by atoms with Crippen LogP contribution < -0.4 is 0 Å². The molecule has 0 aromatic heterocycles. The standard InChI is InChI=1S/C18H25NO3/c1-13-5-3-7-16(11-13)14(2)18(22)19-10-4-6-15(12-19)8-9-17(20)21/h3,5,7,11,14-15H,4,6,8-10,12H2,1-2H3,(H,20,21)/t14-,15+/m0/s1. The van der Waals surface area contributed by atoms with E-state index in [1.54, 1.807) is 0 Å². The minimum atomic E-state index is -0.753. The van der Waals surface area contributed by atoms with E-state index in [0.717, 1.165) is 30.5 Å². The Morgan fingerprint density at radius 1 is 1.41 bits per heavy atom. The van der Waals surface area contributed by atoms with Gasteiger partial charge in [-0.2, -0.15) is 0 Å². The van der Waals surface area contributed by atoms with Crippen LogP contribution in [0.3, 0.4) is 0 Å². The number of carboxylic acids is 1. The molecule has 0 radical (unpaired) electrons. The van der Waals surface area contributed by atoms with E-state index in [4.69, 9.17) is 5.11 Å². The minimum Gasteiger partial charge on any atom is -0.481 e. The van der Waals surface area contributed by atoms with Crippen molar-refractivity contribution in [2.45, 2.75) is 45.4 Å². The van der Waals surface area contributed by atoms with Crippen molar-refractivity contribution in [2.75, 3.05) is 13.1 Å². The highest BCUT2D eigenvalue weighted by molar-refractivity contribution is 5.83. The Balaban J connectivity index is 1.97. The van der Waals surface area contributed by atoms with E-state index in [0.29, 0.717) is 18.9 Å². The third kappa shape index (κ3) is 4.33. The molecule has 1 heterocycles.